The molecule has 1 amide bonds. The summed E-state index contributed by atoms with van der Waals surface area (Å²) in [7, 11) is 0. The molecule has 31 heavy (non-hydrogen) atoms. The predicted octanol–water partition coefficient (Wildman–Crippen LogP) is 5.72. The van der Waals surface area contributed by atoms with Crippen LogP contribution in [0.3, 0.4) is 0 Å². The van der Waals surface area contributed by atoms with E-state index in [-0.39, 0.29) is 5.91 Å². The normalized spacial score (nSPS) is 10.6. The zero-order valence-corrected chi connectivity index (χ0v) is 17.8. The van der Waals surface area contributed by atoms with Crippen LogP contribution in [0.15, 0.2) is 85.1 Å². The average Bonchev–Trinajstić information content (AvgIpc) is 3.20. The van der Waals surface area contributed by atoms with E-state index in [1.807, 2.05) is 42.6 Å². The average molecular weight is 432 g/mol. The van der Waals surface area contributed by atoms with Crippen molar-refractivity contribution in [3.05, 3.63) is 112 Å². The van der Waals surface area contributed by atoms with Crippen molar-refractivity contribution in [1.82, 2.24) is 9.78 Å². The number of nitrogens with one attached hydrogen (secondary N) is 1. The van der Waals surface area contributed by atoms with Gasteiger partial charge in [-0.1, -0.05) is 53.6 Å². The highest BCUT2D eigenvalue weighted by atomic mass is 35.5. The van der Waals surface area contributed by atoms with E-state index in [2.05, 4.69) is 35.5 Å². The van der Waals surface area contributed by atoms with Gasteiger partial charge in [0.15, 0.2) is 5.82 Å². The highest BCUT2D eigenvalue weighted by Crippen LogP contribution is 2.18. The summed E-state index contributed by atoms with van der Waals surface area (Å²) in [5.41, 5.74) is 3.81. The highest BCUT2D eigenvalue weighted by molar-refractivity contribution is 6.30. The Balaban J connectivity index is 1.37. The number of benzene rings is 3. The minimum Gasteiger partial charge on any atom is -0.489 e. The van der Waals surface area contributed by atoms with Crippen LogP contribution in [0, 0.1) is 6.92 Å². The molecule has 0 atom stereocenters. The van der Waals surface area contributed by atoms with E-state index >= 15 is 0 Å². The Hall–Kier alpha value is -3.57. The van der Waals surface area contributed by atoms with Gasteiger partial charge in [-0.2, -0.15) is 5.10 Å². The number of nitrogens with zero attached hydrogens (tertiary/aromatic N) is 2. The van der Waals surface area contributed by atoms with Gasteiger partial charge in [0.1, 0.15) is 12.4 Å². The Kier molecular flexibility index (Phi) is 6.34. The fraction of sp³-hybridized carbons (Fsp3) is 0.120. The van der Waals surface area contributed by atoms with E-state index in [0.29, 0.717) is 29.6 Å². The number of carbonyl (C=O) groups excluding carboxylic acids is 1. The lowest BCUT2D eigenvalue weighted by molar-refractivity contribution is 0.102. The fourth-order valence-electron chi connectivity index (χ4n) is 3.20. The number of carbonyl (C=O) groups is 1. The van der Waals surface area contributed by atoms with E-state index < -0.39 is 0 Å². The molecule has 1 heterocycles. The molecule has 4 aromatic rings. The molecule has 1 aromatic heterocycles. The highest BCUT2D eigenvalue weighted by Gasteiger charge is 2.09. The van der Waals surface area contributed by atoms with Gasteiger partial charge in [-0.3, -0.25) is 9.48 Å². The molecular formula is C25H22ClN3O2. The smallest absolute Gasteiger partial charge is 0.256 e. The molecule has 156 valence electrons. The number of hydrogen-bond acceptors (Lipinski definition) is 3. The zero-order chi connectivity index (χ0) is 21.6. The largest absolute Gasteiger partial charge is 0.489 e. The van der Waals surface area contributed by atoms with Crippen LogP contribution in [0.2, 0.25) is 5.02 Å². The molecule has 5 nitrogen and oxygen atoms in total. The zero-order valence-electron chi connectivity index (χ0n) is 17.1. The van der Waals surface area contributed by atoms with Crippen molar-refractivity contribution < 1.29 is 9.53 Å². The summed E-state index contributed by atoms with van der Waals surface area (Å²) >= 11 is 5.89. The second-order valence-corrected chi connectivity index (χ2v) is 7.72. The van der Waals surface area contributed by atoms with E-state index in [0.717, 1.165) is 16.9 Å². The molecule has 0 saturated carbocycles. The van der Waals surface area contributed by atoms with Crippen LogP contribution in [-0.2, 0) is 13.2 Å². The SMILES string of the molecule is Cc1cccc(Cn2ccc(NC(=O)c3cccc(COc4ccc(Cl)cc4)c3)n2)c1. The van der Waals surface area contributed by atoms with Crippen molar-refractivity contribution in [3.8, 4) is 5.75 Å². The Labute approximate surface area is 186 Å². The van der Waals surface area contributed by atoms with E-state index in [1.165, 1.54) is 5.56 Å². The van der Waals surface area contributed by atoms with Crippen LogP contribution in [-0.4, -0.2) is 15.7 Å². The van der Waals surface area contributed by atoms with Crippen LogP contribution in [0.4, 0.5) is 5.82 Å². The molecule has 0 unspecified atom stereocenters. The van der Waals surface area contributed by atoms with Crippen molar-refractivity contribution in [2.75, 3.05) is 5.32 Å². The maximum absolute atomic E-state index is 12.7. The minimum atomic E-state index is -0.214. The van der Waals surface area contributed by atoms with E-state index in [9.17, 15) is 4.79 Å². The third kappa shape index (κ3) is 5.74. The van der Waals surface area contributed by atoms with Crippen LogP contribution >= 0.6 is 11.6 Å². The van der Waals surface area contributed by atoms with Crippen molar-refractivity contribution in [3.63, 3.8) is 0 Å². The summed E-state index contributed by atoms with van der Waals surface area (Å²) in [4.78, 5) is 12.7. The summed E-state index contributed by atoms with van der Waals surface area (Å²) in [6.07, 6.45) is 1.86. The Morgan fingerprint density at radius 2 is 1.77 bits per heavy atom. The van der Waals surface area contributed by atoms with Gasteiger partial charge < -0.3 is 10.1 Å². The molecule has 3 aromatic carbocycles. The number of ether oxygens (including phenoxy) is 1. The number of halogens is 1. The van der Waals surface area contributed by atoms with E-state index in [1.54, 1.807) is 28.9 Å². The van der Waals surface area contributed by atoms with Gasteiger partial charge in [-0.05, 0) is 54.4 Å². The first-order valence-corrected chi connectivity index (χ1v) is 10.3. The van der Waals surface area contributed by atoms with Crippen LogP contribution < -0.4 is 10.1 Å². The van der Waals surface area contributed by atoms with Crippen LogP contribution in [0.25, 0.3) is 0 Å². The van der Waals surface area contributed by atoms with Gasteiger partial charge in [0.25, 0.3) is 5.91 Å². The Morgan fingerprint density at radius 3 is 2.58 bits per heavy atom. The number of amides is 1. The van der Waals surface area contributed by atoms with Gasteiger partial charge in [0.05, 0.1) is 6.54 Å². The lowest BCUT2D eigenvalue weighted by Crippen LogP contribution is -2.13. The summed E-state index contributed by atoms with van der Waals surface area (Å²) in [5, 5.41) is 7.97. The van der Waals surface area contributed by atoms with Crippen LogP contribution in [0.1, 0.15) is 27.0 Å². The molecule has 0 aliphatic carbocycles. The molecule has 0 spiro atoms. The number of rotatable bonds is 7. The first-order chi connectivity index (χ1) is 15.0. The van der Waals surface area contributed by atoms with Crippen LogP contribution in [0.5, 0.6) is 5.75 Å². The minimum absolute atomic E-state index is 0.214. The fourth-order valence-corrected chi connectivity index (χ4v) is 3.33. The second-order valence-electron chi connectivity index (χ2n) is 7.28. The number of aromatic nitrogens is 2. The third-order valence-corrected chi connectivity index (χ3v) is 4.97. The second kappa shape index (κ2) is 9.49. The Morgan fingerprint density at radius 1 is 1.00 bits per heavy atom. The van der Waals surface area contributed by atoms with Crippen molar-refractivity contribution in [2.24, 2.45) is 0 Å². The topological polar surface area (TPSA) is 56.2 Å². The van der Waals surface area contributed by atoms with Crippen molar-refractivity contribution in [2.45, 2.75) is 20.1 Å². The van der Waals surface area contributed by atoms with Gasteiger partial charge in [0, 0.05) is 22.8 Å². The Bertz CT molecular complexity index is 1190. The first kappa shape index (κ1) is 20.7. The molecule has 1 N–H and O–H groups in total. The van der Waals surface area contributed by atoms with Crippen molar-refractivity contribution >= 4 is 23.3 Å². The standard InChI is InChI=1S/C25H22ClN3O2/c1-18-4-2-5-19(14-18)16-29-13-12-24(28-29)27-25(30)21-7-3-6-20(15-21)17-31-23-10-8-22(26)9-11-23/h2-15H,16-17H2,1H3,(H,27,28,30). The molecule has 4 rings (SSSR count). The monoisotopic (exact) mass is 431 g/mol. The molecule has 6 heteroatoms. The van der Waals surface area contributed by atoms with Crippen molar-refractivity contribution in [1.29, 1.82) is 0 Å². The summed E-state index contributed by atoms with van der Waals surface area (Å²) < 4.78 is 7.57. The maximum Gasteiger partial charge on any atom is 0.256 e. The molecule has 0 radical (unpaired) electrons. The van der Waals surface area contributed by atoms with Gasteiger partial charge in [0.2, 0.25) is 0 Å². The molecule has 0 aliphatic heterocycles. The summed E-state index contributed by atoms with van der Waals surface area (Å²) in [6.45, 7) is 3.07. The molecule has 0 bridgehead atoms. The van der Waals surface area contributed by atoms with Gasteiger partial charge in [-0.25, -0.2) is 0 Å². The summed E-state index contributed by atoms with van der Waals surface area (Å²) in [6, 6.07) is 24.6. The third-order valence-electron chi connectivity index (χ3n) is 4.72. The molecular weight excluding hydrogens is 410 g/mol. The first-order valence-electron chi connectivity index (χ1n) is 9.93. The number of hydrogen-bond donors (Lipinski definition) is 1. The van der Waals surface area contributed by atoms with Gasteiger partial charge in [-0.15, -0.1) is 0 Å². The number of anilines is 1. The molecule has 0 fully saturated rings. The summed E-state index contributed by atoms with van der Waals surface area (Å²) in [5.74, 6) is 1.02. The predicted molar refractivity (Wildman–Crippen MR) is 123 cm³/mol. The quantitative estimate of drug-likeness (QED) is 0.407. The van der Waals surface area contributed by atoms with E-state index in [4.69, 9.17) is 16.3 Å². The number of aryl methyl sites for hydroxylation is 1. The maximum atomic E-state index is 12.7. The lowest BCUT2D eigenvalue weighted by atomic mass is 10.1. The lowest BCUT2D eigenvalue weighted by Gasteiger charge is -2.08. The molecule has 0 saturated heterocycles. The van der Waals surface area contributed by atoms with Gasteiger partial charge >= 0.3 is 0 Å². The molecule has 0 aliphatic rings.